The highest BCUT2D eigenvalue weighted by Crippen LogP contribution is 2.28. The Hall–Kier alpha value is -3.28. The second kappa shape index (κ2) is 7.38. The van der Waals surface area contributed by atoms with E-state index in [4.69, 9.17) is 4.98 Å². The van der Waals surface area contributed by atoms with Gasteiger partial charge in [0.15, 0.2) is 0 Å². The standard InChI is InChI=1S/C22H22N4O2/c1-3-19-21(27)24-10-11-26(19)22(28)17-12-18(15-7-5-9-23-13-15)25-20-14(2)6-4-8-16(17)20/h4-9,12-13,19H,3,10-11H2,1-2H3,(H,24,27)/t19-/m0/s1. The lowest BCUT2D eigenvalue weighted by Crippen LogP contribution is -2.56. The van der Waals surface area contributed by atoms with E-state index >= 15 is 0 Å². The van der Waals surface area contributed by atoms with Gasteiger partial charge in [0.25, 0.3) is 5.91 Å². The number of hydrogen-bond acceptors (Lipinski definition) is 4. The molecule has 142 valence electrons. The molecule has 0 spiro atoms. The smallest absolute Gasteiger partial charge is 0.255 e. The highest BCUT2D eigenvalue weighted by atomic mass is 16.2. The number of hydrogen-bond donors (Lipinski definition) is 1. The quantitative estimate of drug-likeness (QED) is 0.765. The van der Waals surface area contributed by atoms with Crippen LogP contribution in [0.15, 0.2) is 48.8 Å². The highest BCUT2D eigenvalue weighted by molar-refractivity contribution is 6.09. The molecule has 1 fully saturated rings. The molecule has 1 N–H and O–H groups in total. The van der Waals surface area contributed by atoms with Gasteiger partial charge >= 0.3 is 0 Å². The van der Waals surface area contributed by atoms with E-state index in [1.165, 1.54) is 0 Å². The molecular weight excluding hydrogens is 352 g/mol. The van der Waals surface area contributed by atoms with Gasteiger partial charge in [0, 0.05) is 36.4 Å². The number of nitrogens with zero attached hydrogens (tertiary/aromatic N) is 3. The van der Waals surface area contributed by atoms with Crippen LogP contribution in [0.5, 0.6) is 0 Å². The molecule has 0 unspecified atom stereocenters. The third-order valence-corrected chi connectivity index (χ3v) is 5.21. The Morgan fingerprint density at radius 1 is 1.29 bits per heavy atom. The van der Waals surface area contributed by atoms with Gasteiger partial charge in [0.2, 0.25) is 5.91 Å². The van der Waals surface area contributed by atoms with Crippen LogP contribution in [-0.4, -0.2) is 45.8 Å². The number of benzene rings is 1. The number of piperazine rings is 1. The summed E-state index contributed by atoms with van der Waals surface area (Å²) >= 11 is 0. The van der Waals surface area contributed by atoms with E-state index in [1.807, 2.05) is 50.2 Å². The average molecular weight is 374 g/mol. The maximum absolute atomic E-state index is 13.5. The number of carbonyl (C=O) groups is 2. The van der Waals surface area contributed by atoms with Crippen molar-refractivity contribution in [1.82, 2.24) is 20.2 Å². The number of para-hydroxylation sites is 1. The minimum Gasteiger partial charge on any atom is -0.353 e. The maximum Gasteiger partial charge on any atom is 0.255 e. The van der Waals surface area contributed by atoms with Crippen LogP contribution in [-0.2, 0) is 4.79 Å². The lowest BCUT2D eigenvalue weighted by Gasteiger charge is -2.34. The SMILES string of the molecule is CC[C@H]1C(=O)NCCN1C(=O)c1cc(-c2cccnc2)nc2c(C)cccc12. The first-order valence-electron chi connectivity index (χ1n) is 9.49. The molecule has 0 saturated carbocycles. The number of carbonyl (C=O) groups excluding carboxylic acids is 2. The Labute approximate surface area is 163 Å². The van der Waals surface area contributed by atoms with Crippen LogP contribution in [0.2, 0.25) is 0 Å². The Morgan fingerprint density at radius 2 is 2.14 bits per heavy atom. The molecule has 0 radical (unpaired) electrons. The van der Waals surface area contributed by atoms with E-state index < -0.39 is 6.04 Å². The molecule has 1 saturated heterocycles. The first-order chi connectivity index (χ1) is 13.6. The van der Waals surface area contributed by atoms with Crippen molar-refractivity contribution in [2.75, 3.05) is 13.1 Å². The van der Waals surface area contributed by atoms with Crippen molar-refractivity contribution < 1.29 is 9.59 Å². The normalized spacial score (nSPS) is 16.9. The fourth-order valence-corrected chi connectivity index (χ4v) is 3.75. The van der Waals surface area contributed by atoms with Crippen LogP contribution in [0.25, 0.3) is 22.2 Å². The number of aryl methyl sites for hydroxylation is 1. The van der Waals surface area contributed by atoms with Crippen LogP contribution >= 0.6 is 0 Å². The average Bonchev–Trinajstić information content (AvgIpc) is 2.73. The third kappa shape index (κ3) is 3.11. The minimum absolute atomic E-state index is 0.0934. The van der Waals surface area contributed by atoms with Crippen molar-refractivity contribution in [2.45, 2.75) is 26.3 Å². The summed E-state index contributed by atoms with van der Waals surface area (Å²) in [6, 6.07) is 11.0. The van der Waals surface area contributed by atoms with E-state index in [0.717, 1.165) is 22.0 Å². The summed E-state index contributed by atoms with van der Waals surface area (Å²) in [6.07, 6.45) is 4.03. The summed E-state index contributed by atoms with van der Waals surface area (Å²) in [5.74, 6) is -0.228. The zero-order valence-corrected chi connectivity index (χ0v) is 16.0. The largest absolute Gasteiger partial charge is 0.353 e. The molecule has 4 rings (SSSR count). The second-order valence-electron chi connectivity index (χ2n) is 6.98. The number of pyridine rings is 2. The fourth-order valence-electron chi connectivity index (χ4n) is 3.75. The summed E-state index contributed by atoms with van der Waals surface area (Å²) in [5, 5.41) is 3.65. The second-order valence-corrected chi connectivity index (χ2v) is 6.98. The zero-order chi connectivity index (χ0) is 19.7. The Morgan fingerprint density at radius 3 is 2.89 bits per heavy atom. The molecule has 1 aliphatic heterocycles. The molecule has 2 amide bonds. The number of rotatable bonds is 3. The van der Waals surface area contributed by atoms with Gasteiger partial charge in [-0.2, -0.15) is 0 Å². The van der Waals surface area contributed by atoms with Crippen molar-refractivity contribution in [3.8, 4) is 11.3 Å². The maximum atomic E-state index is 13.5. The molecule has 1 aromatic carbocycles. The van der Waals surface area contributed by atoms with Crippen LogP contribution < -0.4 is 5.32 Å². The lowest BCUT2D eigenvalue weighted by molar-refractivity contribution is -0.127. The molecule has 1 atom stereocenters. The third-order valence-electron chi connectivity index (χ3n) is 5.21. The molecule has 28 heavy (non-hydrogen) atoms. The summed E-state index contributed by atoms with van der Waals surface area (Å²) < 4.78 is 0. The number of nitrogens with one attached hydrogen (secondary N) is 1. The van der Waals surface area contributed by atoms with Crippen molar-refractivity contribution in [2.24, 2.45) is 0 Å². The molecule has 2 aromatic heterocycles. The zero-order valence-electron chi connectivity index (χ0n) is 16.0. The monoisotopic (exact) mass is 374 g/mol. The van der Waals surface area contributed by atoms with E-state index in [2.05, 4.69) is 10.3 Å². The number of aromatic nitrogens is 2. The molecular formula is C22H22N4O2. The summed E-state index contributed by atoms with van der Waals surface area (Å²) in [4.78, 5) is 36.4. The topological polar surface area (TPSA) is 75.2 Å². The van der Waals surface area contributed by atoms with Gasteiger partial charge in [0.1, 0.15) is 6.04 Å². The van der Waals surface area contributed by atoms with Gasteiger partial charge in [0.05, 0.1) is 16.8 Å². The van der Waals surface area contributed by atoms with Crippen LogP contribution in [0.4, 0.5) is 0 Å². The van der Waals surface area contributed by atoms with E-state index in [-0.39, 0.29) is 11.8 Å². The molecule has 3 heterocycles. The summed E-state index contributed by atoms with van der Waals surface area (Å²) in [6.45, 7) is 4.88. The Balaban J connectivity index is 1.89. The number of amides is 2. The van der Waals surface area contributed by atoms with Crippen LogP contribution in [0.3, 0.4) is 0 Å². The van der Waals surface area contributed by atoms with Gasteiger partial charge in [-0.15, -0.1) is 0 Å². The molecule has 6 heteroatoms. The highest BCUT2D eigenvalue weighted by Gasteiger charge is 2.33. The Kier molecular flexibility index (Phi) is 4.77. The number of fused-ring (bicyclic) bond motifs is 1. The van der Waals surface area contributed by atoms with Crippen molar-refractivity contribution >= 4 is 22.7 Å². The van der Waals surface area contributed by atoms with E-state index in [0.29, 0.717) is 30.8 Å². The molecule has 1 aliphatic rings. The molecule has 3 aromatic rings. The minimum atomic E-state index is -0.448. The van der Waals surface area contributed by atoms with Crippen molar-refractivity contribution in [3.05, 3.63) is 59.9 Å². The Bertz CT molecular complexity index is 1050. The van der Waals surface area contributed by atoms with E-state index in [9.17, 15) is 9.59 Å². The molecule has 0 bridgehead atoms. The lowest BCUT2D eigenvalue weighted by atomic mass is 10.00. The first kappa shape index (κ1) is 18.1. The summed E-state index contributed by atoms with van der Waals surface area (Å²) in [5.41, 5.74) is 3.92. The van der Waals surface area contributed by atoms with Gasteiger partial charge < -0.3 is 10.2 Å². The van der Waals surface area contributed by atoms with E-state index in [1.54, 1.807) is 17.3 Å². The predicted molar refractivity (Wildman–Crippen MR) is 108 cm³/mol. The predicted octanol–water partition coefficient (Wildman–Crippen LogP) is 2.96. The first-order valence-corrected chi connectivity index (χ1v) is 9.49. The van der Waals surface area contributed by atoms with Gasteiger partial charge in [-0.1, -0.05) is 25.1 Å². The van der Waals surface area contributed by atoms with Crippen LogP contribution in [0.1, 0.15) is 29.3 Å². The van der Waals surface area contributed by atoms with Crippen molar-refractivity contribution in [1.29, 1.82) is 0 Å². The van der Waals surface area contributed by atoms with Gasteiger partial charge in [-0.25, -0.2) is 4.98 Å². The molecule has 6 nitrogen and oxygen atoms in total. The van der Waals surface area contributed by atoms with Crippen molar-refractivity contribution in [3.63, 3.8) is 0 Å². The fraction of sp³-hybridized carbons (Fsp3) is 0.273. The van der Waals surface area contributed by atoms with Gasteiger partial charge in [-0.3, -0.25) is 14.6 Å². The van der Waals surface area contributed by atoms with Gasteiger partial charge in [-0.05, 0) is 37.1 Å². The van der Waals surface area contributed by atoms with Crippen LogP contribution in [0, 0.1) is 6.92 Å². The summed E-state index contributed by atoms with van der Waals surface area (Å²) in [7, 11) is 0. The molecule has 0 aliphatic carbocycles.